The average Bonchev–Trinajstić information content (AvgIpc) is 2.09. The second-order valence-electron chi connectivity index (χ2n) is 4.38. The lowest BCUT2D eigenvalue weighted by Gasteiger charge is -2.51. The number of hydrogen-bond acceptors (Lipinski definition) is 2. The van der Waals surface area contributed by atoms with Gasteiger partial charge in [-0.1, -0.05) is 20.8 Å². The van der Waals surface area contributed by atoms with Crippen LogP contribution < -0.4 is 5.32 Å². The second kappa shape index (κ2) is 4.53. The van der Waals surface area contributed by atoms with Gasteiger partial charge in [0.15, 0.2) is 0 Å². The summed E-state index contributed by atoms with van der Waals surface area (Å²) in [5.41, 5.74) is -0.0229. The van der Waals surface area contributed by atoms with Gasteiger partial charge in [0.2, 0.25) is 0 Å². The molecule has 2 atom stereocenters. The topological polar surface area (TPSA) is 21.3 Å². The predicted molar refractivity (Wildman–Crippen MR) is 51.6 cm³/mol. The molecule has 0 heterocycles. The molecule has 4 heteroatoms. The van der Waals surface area contributed by atoms with Crippen LogP contribution in [0.3, 0.4) is 0 Å². The Balaban J connectivity index is 2.31. The van der Waals surface area contributed by atoms with Gasteiger partial charge in [-0.15, -0.1) is 0 Å². The quantitative estimate of drug-likeness (QED) is 0.745. The van der Waals surface area contributed by atoms with Crippen LogP contribution in [0.2, 0.25) is 0 Å². The normalized spacial score (nSPS) is 30.4. The van der Waals surface area contributed by atoms with Crippen molar-refractivity contribution in [2.45, 2.75) is 45.8 Å². The summed E-state index contributed by atoms with van der Waals surface area (Å²) in [6, 6.07) is 0.398. The maximum Gasteiger partial charge on any atom is 0.261 e. The first-order chi connectivity index (χ1) is 6.48. The summed E-state index contributed by atoms with van der Waals surface area (Å²) in [6.07, 6.45) is -1.54. The van der Waals surface area contributed by atoms with E-state index in [1.165, 1.54) is 0 Å². The smallest absolute Gasteiger partial charge is 0.261 e. The Morgan fingerprint density at radius 1 is 1.50 bits per heavy atom. The molecule has 0 aromatic rings. The van der Waals surface area contributed by atoms with Gasteiger partial charge in [-0.2, -0.15) is 0 Å². The van der Waals surface area contributed by atoms with E-state index in [1.807, 2.05) is 6.92 Å². The molecule has 1 aliphatic carbocycles. The number of halogens is 2. The molecule has 0 radical (unpaired) electrons. The lowest BCUT2D eigenvalue weighted by Crippen LogP contribution is -2.61. The average molecular weight is 207 g/mol. The maximum atomic E-state index is 11.9. The number of ether oxygens (including phenoxy) is 1. The molecule has 1 rings (SSSR count). The van der Waals surface area contributed by atoms with E-state index >= 15 is 0 Å². The Labute approximate surface area is 84.0 Å². The van der Waals surface area contributed by atoms with Gasteiger partial charge in [0.05, 0.1) is 6.10 Å². The zero-order valence-corrected chi connectivity index (χ0v) is 9.02. The number of alkyl halides is 2. The van der Waals surface area contributed by atoms with Crippen molar-refractivity contribution in [2.75, 3.05) is 13.2 Å². The third-order valence-electron chi connectivity index (χ3n) is 3.05. The summed E-state index contributed by atoms with van der Waals surface area (Å²) >= 11 is 0. The molecule has 0 amide bonds. The fraction of sp³-hybridized carbons (Fsp3) is 1.00. The molecule has 0 aliphatic heterocycles. The molecule has 0 spiro atoms. The Morgan fingerprint density at radius 2 is 2.14 bits per heavy atom. The van der Waals surface area contributed by atoms with Crippen molar-refractivity contribution in [1.82, 2.24) is 5.32 Å². The molecule has 1 fully saturated rings. The summed E-state index contributed by atoms with van der Waals surface area (Å²) in [4.78, 5) is 0. The molecule has 2 unspecified atom stereocenters. The number of rotatable bonds is 5. The van der Waals surface area contributed by atoms with Crippen LogP contribution in [0.25, 0.3) is 0 Å². The summed E-state index contributed by atoms with van der Waals surface area (Å²) in [5, 5.41) is 3.32. The lowest BCUT2D eigenvalue weighted by molar-refractivity contribution is -0.139. The summed E-state index contributed by atoms with van der Waals surface area (Å²) in [6.45, 7) is 6.63. The Hall–Kier alpha value is -0.220. The Morgan fingerprint density at radius 3 is 2.57 bits per heavy atom. The van der Waals surface area contributed by atoms with Gasteiger partial charge in [0, 0.05) is 11.5 Å². The van der Waals surface area contributed by atoms with Gasteiger partial charge >= 0.3 is 0 Å². The Kier molecular flexibility index (Phi) is 3.84. The highest BCUT2D eigenvalue weighted by atomic mass is 19.3. The monoisotopic (exact) mass is 207 g/mol. The fourth-order valence-electron chi connectivity index (χ4n) is 1.95. The minimum Gasteiger partial charge on any atom is -0.372 e. The standard InChI is InChI=1S/C10H19F2NO/c1-4-13-7-5-8(10(7,2)3)14-6-9(11)12/h7-9,13H,4-6H2,1-3H3. The molecular formula is C10H19F2NO. The third kappa shape index (κ3) is 2.42. The summed E-state index contributed by atoms with van der Waals surface area (Å²) < 4.78 is 29.0. The van der Waals surface area contributed by atoms with Crippen molar-refractivity contribution in [2.24, 2.45) is 5.41 Å². The minimum absolute atomic E-state index is 0.0229. The van der Waals surface area contributed by atoms with Crippen LogP contribution in [0, 0.1) is 5.41 Å². The zero-order valence-electron chi connectivity index (χ0n) is 9.02. The molecular weight excluding hydrogens is 188 g/mol. The van der Waals surface area contributed by atoms with Crippen LogP contribution in [0.4, 0.5) is 8.78 Å². The van der Waals surface area contributed by atoms with E-state index in [0.717, 1.165) is 13.0 Å². The van der Waals surface area contributed by atoms with Crippen LogP contribution >= 0.6 is 0 Å². The van der Waals surface area contributed by atoms with Gasteiger partial charge in [0.25, 0.3) is 6.43 Å². The second-order valence-corrected chi connectivity index (χ2v) is 4.38. The first-order valence-electron chi connectivity index (χ1n) is 5.11. The first kappa shape index (κ1) is 11.9. The number of nitrogens with one attached hydrogen (secondary N) is 1. The van der Waals surface area contributed by atoms with Crippen LogP contribution in [0.1, 0.15) is 27.2 Å². The van der Waals surface area contributed by atoms with E-state index < -0.39 is 13.0 Å². The van der Waals surface area contributed by atoms with Crippen molar-refractivity contribution in [3.05, 3.63) is 0 Å². The highest BCUT2D eigenvalue weighted by Crippen LogP contribution is 2.42. The lowest BCUT2D eigenvalue weighted by atomic mass is 9.64. The van der Waals surface area contributed by atoms with Crippen LogP contribution in [0.5, 0.6) is 0 Å². The van der Waals surface area contributed by atoms with Gasteiger partial charge in [-0.05, 0) is 13.0 Å². The molecule has 2 nitrogen and oxygen atoms in total. The summed E-state index contributed by atoms with van der Waals surface area (Å²) in [5.74, 6) is 0. The highest BCUT2D eigenvalue weighted by molar-refractivity contribution is 5.02. The largest absolute Gasteiger partial charge is 0.372 e. The van der Waals surface area contributed by atoms with Gasteiger partial charge < -0.3 is 10.1 Å². The molecule has 0 aromatic heterocycles. The van der Waals surface area contributed by atoms with E-state index in [-0.39, 0.29) is 11.5 Å². The van der Waals surface area contributed by atoms with E-state index in [1.54, 1.807) is 0 Å². The zero-order chi connectivity index (χ0) is 10.8. The van der Waals surface area contributed by atoms with E-state index in [9.17, 15) is 8.78 Å². The molecule has 1 saturated carbocycles. The molecule has 0 saturated heterocycles. The van der Waals surface area contributed by atoms with E-state index in [4.69, 9.17) is 4.74 Å². The maximum absolute atomic E-state index is 11.9. The van der Waals surface area contributed by atoms with Crippen LogP contribution in [0.15, 0.2) is 0 Å². The molecule has 84 valence electrons. The van der Waals surface area contributed by atoms with Crippen molar-refractivity contribution < 1.29 is 13.5 Å². The molecule has 1 N–H and O–H groups in total. The summed E-state index contributed by atoms with van der Waals surface area (Å²) in [7, 11) is 0. The van der Waals surface area contributed by atoms with E-state index in [0.29, 0.717) is 6.04 Å². The number of hydrogen-bond donors (Lipinski definition) is 1. The molecule has 0 aromatic carbocycles. The molecule has 14 heavy (non-hydrogen) atoms. The van der Waals surface area contributed by atoms with Gasteiger partial charge in [-0.3, -0.25) is 0 Å². The van der Waals surface area contributed by atoms with E-state index in [2.05, 4.69) is 19.2 Å². The van der Waals surface area contributed by atoms with Crippen molar-refractivity contribution in [3.8, 4) is 0 Å². The SMILES string of the molecule is CCNC1CC(OCC(F)F)C1(C)C. The molecule has 1 aliphatic rings. The fourth-order valence-corrected chi connectivity index (χ4v) is 1.95. The Bertz CT molecular complexity index is 185. The highest BCUT2D eigenvalue weighted by Gasteiger charge is 2.48. The predicted octanol–water partition coefficient (Wildman–Crippen LogP) is 2.04. The first-order valence-corrected chi connectivity index (χ1v) is 5.11. The van der Waals surface area contributed by atoms with Crippen molar-refractivity contribution >= 4 is 0 Å². The minimum atomic E-state index is -2.36. The van der Waals surface area contributed by atoms with Crippen molar-refractivity contribution in [3.63, 3.8) is 0 Å². The molecule has 0 bridgehead atoms. The van der Waals surface area contributed by atoms with Crippen LogP contribution in [-0.2, 0) is 4.74 Å². The third-order valence-corrected chi connectivity index (χ3v) is 3.05. The van der Waals surface area contributed by atoms with Crippen molar-refractivity contribution in [1.29, 1.82) is 0 Å². The van der Waals surface area contributed by atoms with Gasteiger partial charge in [-0.25, -0.2) is 8.78 Å². The van der Waals surface area contributed by atoms with Crippen LogP contribution in [-0.4, -0.2) is 31.7 Å². The van der Waals surface area contributed by atoms with Gasteiger partial charge in [0.1, 0.15) is 6.61 Å².